The first-order valence-electron chi connectivity index (χ1n) is 11.7. The minimum atomic E-state index is -0.297. The molecule has 2 aromatic carbocycles. The topological polar surface area (TPSA) is 46.5 Å². The van der Waals surface area contributed by atoms with E-state index < -0.39 is 0 Å². The number of aliphatic hydroxyl groups is 1. The van der Waals surface area contributed by atoms with Crippen LogP contribution >= 0.6 is 0 Å². The number of hydrogen-bond donors (Lipinski definition) is 1. The van der Waals surface area contributed by atoms with Crippen LogP contribution in [0, 0.1) is 0 Å². The molecule has 4 rings (SSSR count). The first-order chi connectivity index (χ1) is 15.1. The highest BCUT2D eigenvalue weighted by Crippen LogP contribution is 2.47. The van der Waals surface area contributed by atoms with Crippen molar-refractivity contribution in [2.45, 2.75) is 71.1 Å². The van der Waals surface area contributed by atoms with Crippen molar-refractivity contribution in [3.8, 4) is 0 Å². The summed E-state index contributed by atoms with van der Waals surface area (Å²) >= 11 is 0. The Hall–Kier alpha value is -2.81. The molecule has 2 aliphatic rings. The first-order valence-corrected chi connectivity index (χ1v) is 11.7. The zero-order chi connectivity index (χ0) is 23.1. The molecule has 0 saturated heterocycles. The van der Waals surface area contributed by atoms with E-state index in [9.17, 15) is 9.90 Å². The molecule has 2 aliphatic carbocycles. The maximum Gasteiger partial charge on any atom is 0.338 e. The van der Waals surface area contributed by atoms with Gasteiger partial charge in [-0.3, -0.25) is 0 Å². The number of hydrogen-bond acceptors (Lipinski definition) is 3. The summed E-state index contributed by atoms with van der Waals surface area (Å²) in [6, 6.07) is 14.3. The summed E-state index contributed by atoms with van der Waals surface area (Å²) in [5, 5.41) is 10.8. The van der Waals surface area contributed by atoms with Gasteiger partial charge in [0.05, 0.1) is 12.2 Å². The fraction of sp³-hybridized carbons (Fsp3) is 0.414. The van der Waals surface area contributed by atoms with Crippen molar-refractivity contribution in [3.05, 3.63) is 82.1 Å². The van der Waals surface area contributed by atoms with E-state index in [1.165, 1.54) is 23.1 Å². The van der Waals surface area contributed by atoms with Gasteiger partial charge in [-0.1, -0.05) is 58.0 Å². The van der Waals surface area contributed by atoms with E-state index in [4.69, 9.17) is 4.74 Å². The van der Waals surface area contributed by atoms with E-state index in [-0.39, 0.29) is 16.8 Å². The molecule has 0 fully saturated rings. The number of fused-ring (bicyclic) bond motifs is 1. The predicted octanol–water partition coefficient (Wildman–Crippen LogP) is 7.36. The van der Waals surface area contributed by atoms with Crippen molar-refractivity contribution < 1.29 is 14.6 Å². The lowest BCUT2D eigenvalue weighted by Crippen LogP contribution is -2.33. The Balaban J connectivity index is 1.69. The quantitative estimate of drug-likeness (QED) is 0.516. The van der Waals surface area contributed by atoms with Gasteiger partial charge in [0, 0.05) is 12.0 Å². The minimum Gasteiger partial charge on any atom is -0.512 e. The van der Waals surface area contributed by atoms with Crippen LogP contribution in [0.15, 0.2) is 54.3 Å². The Morgan fingerprint density at radius 1 is 0.906 bits per heavy atom. The van der Waals surface area contributed by atoms with E-state index in [2.05, 4.69) is 52.0 Å². The number of carbonyl (C=O) groups is 1. The van der Waals surface area contributed by atoms with Crippen molar-refractivity contribution in [1.82, 2.24) is 0 Å². The fourth-order valence-electron chi connectivity index (χ4n) is 4.99. The third-order valence-electron chi connectivity index (χ3n) is 7.19. The second kappa shape index (κ2) is 8.27. The van der Waals surface area contributed by atoms with E-state index in [1.807, 2.05) is 31.2 Å². The molecule has 0 unspecified atom stereocenters. The van der Waals surface area contributed by atoms with Crippen molar-refractivity contribution in [3.63, 3.8) is 0 Å². The summed E-state index contributed by atoms with van der Waals surface area (Å²) in [7, 11) is 0. The Morgan fingerprint density at radius 2 is 1.53 bits per heavy atom. The van der Waals surface area contributed by atoms with Crippen LogP contribution in [-0.4, -0.2) is 17.7 Å². The second-order valence-electron chi connectivity index (χ2n) is 10.4. The lowest BCUT2D eigenvalue weighted by Gasteiger charge is -2.42. The molecule has 0 heterocycles. The van der Waals surface area contributed by atoms with E-state index in [0.29, 0.717) is 24.4 Å². The zero-order valence-corrected chi connectivity index (χ0v) is 19.9. The number of allylic oxidation sites excluding steroid dienone is 4. The first kappa shape index (κ1) is 22.4. The third kappa shape index (κ3) is 4.13. The molecule has 1 N–H and O–H groups in total. The maximum absolute atomic E-state index is 12.0. The molecule has 0 aliphatic heterocycles. The molecule has 3 nitrogen and oxygen atoms in total. The van der Waals surface area contributed by atoms with Gasteiger partial charge in [-0.2, -0.15) is 0 Å². The molecule has 0 saturated carbocycles. The molecule has 3 heteroatoms. The van der Waals surface area contributed by atoms with Crippen LogP contribution in [0.4, 0.5) is 0 Å². The highest BCUT2D eigenvalue weighted by molar-refractivity contribution is 5.91. The average molecular weight is 431 g/mol. The predicted molar refractivity (Wildman–Crippen MR) is 131 cm³/mol. The molecule has 0 bridgehead atoms. The molecule has 168 valence electrons. The summed E-state index contributed by atoms with van der Waals surface area (Å²) < 4.78 is 5.08. The molecular formula is C29H34O3. The molecule has 0 aromatic heterocycles. The molecule has 0 atom stereocenters. The van der Waals surface area contributed by atoms with E-state index in [0.717, 1.165) is 29.5 Å². The van der Waals surface area contributed by atoms with E-state index >= 15 is 0 Å². The summed E-state index contributed by atoms with van der Waals surface area (Å²) in [5.41, 5.74) is 7.90. The Morgan fingerprint density at radius 3 is 2.19 bits per heavy atom. The van der Waals surface area contributed by atoms with Gasteiger partial charge in [0.25, 0.3) is 0 Å². The zero-order valence-electron chi connectivity index (χ0n) is 19.9. The summed E-state index contributed by atoms with van der Waals surface area (Å²) in [6.07, 6.45) is 5.85. The molecule has 0 spiro atoms. The Bertz CT molecular complexity index is 1100. The van der Waals surface area contributed by atoms with Crippen LogP contribution in [0.1, 0.15) is 92.9 Å². The van der Waals surface area contributed by atoms with Gasteiger partial charge >= 0.3 is 5.97 Å². The van der Waals surface area contributed by atoms with Crippen LogP contribution in [0.2, 0.25) is 0 Å². The van der Waals surface area contributed by atoms with Crippen molar-refractivity contribution in [2.75, 3.05) is 6.61 Å². The summed E-state index contributed by atoms with van der Waals surface area (Å²) in [6.45, 7) is 11.5. The lowest BCUT2D eigenvalue weighted by atomic mass is 9.63. The van der Waals surface area contributed by atoms with Crippen molar-refractivity contribution >= 4 is 17.1 Å². The third-order valence-corrected chi connectivity index (χ3v) is 7.19. The normalized spacial score (nSPS) is 19.2. The number of benzene rings is 2. The van der Waals surface area contributed by atoms with Crippen LogP contribution in [0.5, 0.6) is 0 Å². The standard InChI is InChI=1S/C29H34O3/c1-6-32-27(31)20-9-7-19(8-10-20)21-12-14-26(30)23(17-21)22-11-13-24-25(18-22)29(4,5)16-15-28(24,2)3/h7-11,13,17-18,30H,6,12,14-16H2,1-5H3. The van der Waals surface area contributed by atoms with Crippen molar-refractivity contribution in [2.24, 2.45) is 0 Å². The number of rotatable bonds is 4. The number of ether oxygens (including phenoxy) is 1. The van der Waals surface area contributed by atoms with Gasteiger partial charge in [-0.05, 0) is 83.1 Å². The van der Waals surface area contributed by atoms with Crippen LogP contribution in [0.25, 0.3) is 11.1 Å². The molecule has 0 radical (unpaired) electrons. The largest absolute Gasteiger partial charge is 0.512 e. The molecule has 2 aromatic rings. The minimum absolute atomic E-state index is 0.126. The lowest BCUT2D eigenvalue weighted by molar-refractivity contribution is 0.0526. The monoisotopic (exact) mass is 430 g/mol. The fourth-order valence-corrected chi connectivity index (χ4v) is 4.99. The Labute approximate surface area is 191 Å². The SMILES string of the molecule is CCOC(=O)c1ccc(C2=CC(c3ccc4c(c3)C(C)(C)CCC4(C)C)=C(O)CC2)cc1. The molecule has 32 heavy (non-hydrogen) atoms. The smallest absolute Gasteiger partial charge is 0.338 e. The maximum atomic E-state index is 12.0. The highest BCUT2D eigenvalue weighted by Gasteiger charge is 2.37. The number of esters is 1. The van der Waals surface area contributed by atoms with Crippen LogP contribution < -0.4 is 0 Å². The Kier molecular flexibility index (Phi) is 5.79. The van der Waals surface area contributed by atoms with Gasteiger partial charge < -0.3 is 9.84 Å². The molecule has 0 amide bonds. The molecular weight excluding hydrogens is 396 g/mol. The van der Waals surface area contributed by atoms with Gasteiger partial charge in [0.1, 0.15) is 5.76 Å². The summed E-state index contributed by atoms with van der Waals surface area (Å²) in [4.78, 5) is 12.0. The van der Waals surface area contributed by atoms with E-state index in [1.54, 1.807) is 0 Å². The number of aliphatic hydroxyl groups excluding tert-OH is 1. The van der Waals surface area contributed by atoms with Crippen LogP contribution in [0.3, 0.4) is 0 Å². The number of carbonyl (C=O) groups excluding carboxylic acids is 1. The highest BCUT2D eigenvalue weighted by atomic mass is 16.5. The summed E-state index contributed by atoms with van der Waals surface area (Å²) in [5.74, 6) is 0.152. The van der Waals surface area contributed by atoms with Crippen LogP contribution in [-0.2, 0) is 15.6 Å². The van der Waals surface area contributed by atoms with Gasteiger partial charge in [0.15, 0.2) is 0 Å². The van der Waals surface area contributed by atoms with Gasteiger partial charge in [-0.25, -0.2) is 4.79 Å². The van der Waals surface area contributed by atoms with Crippen molar-refractivity contribution in [1.29, 1.82) is 0 Å². The van der Waals surface area contributed by atoms with Gasteiger partial charge in [-0.15, -0.1) is 0 Å². The second-order valence-corrected chi connectivity index (χ2v) is 10.4. The average Bonchev–Trinajstić information content (AvgIpc) is 2.77. The van der Waals surface area contributed by atoms with Gasteiger partial charge in [0.2, 0.25) is 0 Å².